The van der Waals surface area contributed by atoms with Crippen LogP contribution in [0.1, 0.15) is 0 Å². The average molecular weight is 377 g/mol. The molecule has 11 nitrogen and oxygen atoms in total. The Hall–Kier alpha value is -3.12. The Bertz CT molecular complexity index is 777. The quantitative estimate of drug-likeness (QED) is 0.213. The Morgan fingerprint density at radius 2 is 1.74 bits per heavy atom. The predicted octanol–water partition coefficient (Wildman–Crippen LogP) is 2.62. The number of nitro groups is 1. The largest absolute Gasteiger partial charge is 0.395 e. The van der Waals surface area contributed by atoms with Crippen molar-refractivity contribution in [1.29, 1.82) is 0 Å². The summed E-state index contributed by atoms with van der Waals surface area (Å²) in [4.78, 5) is 16.1. The van der Waals surface area contributed by atoms with Gasteiger partial charge in [0.1, 0.15) is 0 Å². The molecule has 0 saturated carbocycles. The number of nitrogens with zero attached hydrogens (tertiary/aromatic N) is 4. The fraction of sp³-hybridized carbons (Fsp3) is 0.250. The molecule has 2 rings (SSSR count). The molecule has 0 radical (unpaired) electrons. The van der Waals surface area contributed by atoms with Gasteiger partial charge in [-0.1, -0.05) is 0 Å². The molecule has 0 aromatic heterocycles. The Labute approximate surface area is 154 Å². The standard InChI is InChI=1S/C16H19N5O6/c22-9-7-20(8-10-23)14-4-1-12(2-5-14)17-18-15-6-3-13(19-27-26)11-16(15)21(24)25/h1-6,11,19,22-23,26H,7-10H2. The molecule has 27 heavy (non-hydrogen) atoms. The highest BCUT2D eigenvalue weighted by Gasteiger charge is 2.15. The molecule has 0 spiro atoms. The fourth-order valence-corrected chi connectivity index (χ4v) is 2.32. The maximum atomic E-state index is 11.2. The molecule has 0 fully saturated rings. The van der Waals surface area contributed by atoms with E-state index in [-0.39, 0.29) is 30.3 Å². The van der Waals surface area contributed by atoms with Crippen molar-refractivity contribution in [3.05, 3.63) is 52.6 Å². The summed E-state index contributed by atoms with van der Waals surface area (Å²) >= 11 is 0. The van der Waals surface area contributed by atoms with Gasteiger partial charge in [-0.15, -0.1) is 10.1 Å². The maximum absolute atomic E-state index is 11.2. The molecule has 0 amide bonds. The van der Waals surface area contributed by atoms with Gasteiger partial charge in [0.2, 0.25) is 0 Å². The van der Waals surface area contributed by atoms with Crippen molar-refractivity contribution in [2.75, 3.05) is 36.7 Å². The van der Waals surface area contributed by atoms with Crippen LogP contribution in [0.3, 0.4) is 0 Å². The molecule has 0 aliphatic rings. The van der Waals surface area contributed by atoms with E-state index in [1.54, 1.807) is 29.2 Å². The first kappa shape index (κ1) is 20.2. The Balaban J connectivity index is 2.19. The van der Waals surface area contributed by atoms with Crippen LogP contribution in [-0.4, -0.2) is 46.7 Å². The summed E-state index contributed by atoms with van der Waals surface area (Å²) in [6, 6.07) is 10.8. The van der Waals surface area contributed by atoms with E-state index in [2.05, 4.69) is 20.7 Å². The zero-order valence-electron chi connectivity index (χ0n) is 14.2. The molecule has 144 valence electrons. The molecule has 4 N–H and O–H groups in total. The summed E-state index contributed by atoms with van der Waals surface area (Å²) in [6.07, 6.45) is 0. The van der Waals surface area contributed by atoms with E-state index in [1.807, 2.05) is 0 Å². The van der Waals surface area contributed by atoms with Crippen LogP contribution in [0.25, 0.3) is 0 Å². The van der Waals surface area contributed by atoms with Crippen molar-refractivity contribution in [2.45, 2.75) is 0 Å². The highest BCUT2D eigenvalue weighted by molar-refractivity contribution is 5.64. The molecule has 11 heteroatoms. The third-order valence-electron chi connectivity index (χ3n) is 3.56. The van der Waals surface area contributed by atoms with Crippen LogP contribution in [0.2, 0.25) is 0 Å². The zero-order chi connectivity index (χ0) is 19.6. The number of benzene rings is 2. The molecule has 0 bridgehead atoms. The van der Waals surface area contributed by atoms with Gasteiger partial charge in [0, 0.05) is 24.8 Å². The molecule has 2 aromatic rings. The lowest BCUT2D eigenvalue weighted by Gasteiger charge is -2.22. The Morgan fingerprint density at radius 3 is 2.30 bits per heavy atom. The minimum absolute atomic E-state index is 0.0368. The van der Waals surface area contributed by atoms with E-state index < -0.39 is 4.92 Å². The molecule has 0 saturated heterocycles. The second-order valence-electron chi connectivity index (χ2n) is 5.30. The number of nitro benzene ring substituents is 1. The third kappa shape index (κ3) is 5.69. The summed E-state index contributed by atoms with van der Waals surface area (Å²) in [5.41, 5.74) is 3.25. The van der Waals surface area contributed by atoms with Crippen LogP contribution in [0.4, 0.5) is 28.4 Å². The minimum Gasteiger partial charge on any atom is -0.395 e. The number of nitrogens with one attached hydrogen (secondary N) is 1. The molecule has 0 aliphatic carbocycles. The fourth-order valence-electron chi connectivity index (χ4n) is 2.32. The number of aliphatic hydroxyl groups excluding tert-OH is 2. The summed E-state index contributed by atoms with van der Waals surface area (Å²) in [6.45, 7) is 0.672. The van der Waals surface area contributed by atoms with Crippen LogP contribution in [0.15, 0.2) is 52.7 Å². The van der Waals surface area contributed by atoms with E-state index in [0.29, 0.717) is 18.8 Å². The van der Waals surface area contributed by atoms with Crippen molar-refractivity contribution in [3.8, 4) is 0 Å². The lowest BCUT2D eigenvalue weighted by Crippen LogP contribution is -2.29. The third-order valence-corrected chi connectivity index (χ3v) is 3.56. The van der Waals surface area contributed by atoms with E-state index in [4.69, 9.17) is 15.5 Å². The number of aliphatic hydroxyl groups is 2. The van der Waals surface area contributed by atoms with Gasteiger partial charge in [0.25, 0.3) is 5.69 Å². The van der Waals surface area contributed by atoms with Gasteiger partial charge >= 0.3 is 0 Å². The normalized spacial score (nSPS) is 10.9. The second-order valence-corrected chi connectivity index (χ2v) is 5.30. The van der Waals surface area contributed by atoms with Gasteiger partial charge in [-0.2, -0.15) is 5.11 Å². The molecule has 0 heterocycles. The van der Waals surface area contributed by atoms with Crippen LogP contribution < -0.4 is 10.4 Å². The van der Waals surface area contributed by atoms with Crippen LogP contribution >= 0.6 is 0 Å². The highest BCUT2D eigenvalue weighted by atomic mass is 17.2. The first-order valence-electron chi connectivity index (χ1n) is 7.92. The van der Waals surface area contributed by atoms with Crippen LogP contribution in [0, 0.1) is 10.1 Å². The highest BCUT2D eigenvalue weighted by Crippen LogP contribution is 2.32. The summed E-state index contributed by atoms with van der Waals surface area (Å²) in [7, 11) is 0. The minimum atomic E-state index is -0.623. The van der Waals surface area contributed by atoms with Gasteiger partial charge in [0.05, 0.1) is 29.5 Å². The predicted molar refractivity (Wildman–Crippen MR) is 97.4 cm³/mol. The summed E-state index contributed by atoms with van der Waals surface area (Å²) < 4.78 is 0. The van der Waals surface area contributed by atoms with Crippen molar-refractivity contribution >= 4 is 28.4 Å². The molecule has 2 aromatic carbocycles. The van der Waals surface area contributed by atoms with Gasteiger partial charge < -0.3 is 15.1 Å². The van der Waals surface area contributed by atoms with E-state index in [1.165, 1.54) is 12.1 Å². The maximum Gasteiger partial charge on any atom is 0.298 e. The van der Waals surface area contributed by atoms with Crippen molar-refractivity contribution in [2.24, 2.45) is 10.2 Å². The van der Waals surface area contributed by atoms with Gasteiger partial charge in [0.15, 0.2) is 5.69 Å². The first-order valence-corrected chi connectivity index (χ1v) is 7.92. The smallest absolute Gasteiger partial charge is 0.298 e. The molecule has 0 aliphatic heterocycles. The number of hydrogen-bond donors (Lipinski definition) is 4. The monoisotopic (exact) mass is 377 g/mol. The Morgan fingerprint density at radius 1 is 1.07 bits per heavy atom. The SMILES string of the molecule is O=[N+]([O-])c1cc(NOO)ccc1N=Nc1ccc(N(CCO)CCO)cc1. The lowest BCUT2D eigenvalue weighted by atomic mass is 10.2. The second kappa shape index (κ2) is 10.1. The van der Waals surface area contributed by atoms with Crippen molar-refractivity contribution in [1.82, 2.24) is 0 Å². The van der Waals surface area contributed by atoms with Gasteiger partial charge in [-0.25, -0.2) is 10.7 Å². The topological polar surface area (TPSA) is 153 Å². The number of hydrogen-bond acceptors (Lipinski definition) is 10. The Kier molecular flexibility index (Phi) is 7.58. The van der Waals surface area contributed by atoms with Crippen molar-refractivity contribution < 1.29 is 25.4 Å². The van der Waals surface area contributed by atoms with Gasteiger partial charge in [-0.05, 0) is 36.4 Å². The first-order chi connectivity index (χ1) is 13.1. The van der Waals surface area contributed by atoms with E-state index in [9.17, 15) is 10.1 Å². The molecular formula is C16H19N5O6. The van der Waals surface area contributed by atoms with Gasteiger partial charge in [-0.3, -0.25) is 10.1 Å². The summed E-state index contributed by atoms with van der Waals surface area (Å²) in [5.74, 6) is 0. The number of rotatable bonds is 10. The van der Waals surface area contributed by atoms with Crippen LogP contribution in [0.5, 0.6) is 0 Å². The lowest BCUT2D eigenvalue weighted by molar-refractivity contribution is -0.384. The number of anilines is 2. The zero-order valence-corrected chi connectivity index (χ0v) is 14.2. The number of azo groups is 1. The molecule has 0 atom stereocenters. The van der Waals surface area contributed by atoms with E-state index in [0.717, 1.165) is 11.8 Å². The van der Waals surface area contributed by atoms with E-state index >= 15 is 0 Å². The summed E-state index contributed by atoms with van der Waals surface area (Å²) in [5, 5.41) is 45.5. The molecular weight excluding hydrogens is 358 g/mol. The average Bonchev–Trinajstić information content (AvgIpc) is 2.67. The van der Waals surface area contributed by atoms with Crippen LogP contribution in [-0.2, 0) is 4.99 Å². The van der Waals surface area contributed by atoms with Crippen molar-refractivity contribution in [3.63, 3.8) is 0 Å². The molecule has 0 unspecified atom stereocenters.